The van der Waals surface area contributed by atoms with Crippen LogP contribution in [0.15, 0.2) is 47.5 Å². The molecule has 32 heavy (non-hydrogen) atoms. The molecule has 0 saturated carbocycles. The molecule has 3 atom stereocenters. The van der Waals surface area contributed by atoms with Gasteiger partial charge in [0.15, 0.2) is 5.17 Å². The molecule has 2 aromatic rings. The molecule has 1 spiro atoms. The summed E-state index contributed by atoms with van der Waals surface area (Å²) in [4.78, 5) is 18.8. The molecule has 0 bridgehead atoms. The number of anilines is 1. The third kappa shape index (κ3) is 4.25. The van der Waals surface area contributed by atoms with E-state index in [0.717, 1.165) is 23.2 Å². The number of aliphatic hydroxyl groups excluding tert-OH is 2. The maximum Gasteiger partial charge on any atom is 0.279 e. The number of amidine groups is 1. The van der Waals surface area contributed by atoms with Gasteiger partial charge in [-0.3, -0.25) is 14.7 Å². The van der Waals surface area contributed by atoms with E-state index in [1.54, 1.807) is 23.1 Å². The highest BCUT2D eigenvalue weighted by atomic mass is 35.5. The van der Waals surface area contributed by atoms with Crippen molar-refractivity contribution >= 4 is 40.1 Å². The molecule has 2 aliphatic heterocycles. The number of nitrogens with zero attached hydrogens (tertiary/aromatic N) is 2. The van der Waals surface area contributed by atoms with Crippen molar-refractivity contribution in [3.05, 3.63) is 58.6 Å². The van der Waals surface area contributed by atoms with Gasteiger partial charge in [0.2, 0.25) is 4.93 Å². The highest BCUT2D eigenvalue weighted by molar-refractivity contribution is 8.17. The average Bonchev–Trinajstić information content (AvgIpc) is 3.45. The Bertz CT molecular complexity index is 1050. The van der Waals surface area contributed by atoms with E-state index in [9.17, 15) is 9.90 Å². The van der Waals surface area contributed by atoms with Crippen molar-refractivity contribution in [1.82, 2.24) is 0 Å². The lowest BCUT2D eigenvalue weighted by Gasteiger charge is -2.18. The minimum Gasteiger partial charge on any atom is -0.489 e. The smallest absolute Gasteiger partial charge is 0.279 e. The van der Waals surface area contributed by atoms with Gasteiger partial charge in [-0.15, -0.1) is 0 Å². The quantitative estimate of drug-likeness (QED) is 0.564. The minimum atomic E-state index is -1.06. The second-order valence-corrected chi connectivity index (χ2v) is 9.28. The van der Waals surface area contributed by atoms with Crippen LogP contribution < -0.4 is 9.64 Å². The van der Waals surface area contributed by atoms with Gasteiger partial charge in [-0.05, 0) is 54.4 Å². The summed E-state index contributed by atoms with van der Waals surface area (Å²) in [5.41, 5.74) is 2.54. The first-order valence-electron chi connectivity index (χ1n) is 10.4. The summed E-state index contributed by atoms with van der Waals surface area (Å²) in [7, 11) is 0. The summed E-state index contributed by atoms with van der Waals surface area (Å²) in [6.07, 6.45) is -0.573. The summed E-state index contributed by atoms with van der Waals surface area (Å²) in [6.45, 7) is 4.16. The molecule has 2 unspecified atom stereocenters. The lowest BCUT2D eigenvalue weighted by atomic mass is 10.1. The number of hydrogen-bond acceptors (Lipinski definition) is 7. The lowest BCUT2D eigenvalue weighted by Crippen LogP contribution is -2.34. The fourth-order valence-electron chi connectivity index (χ4n) is 3.51. The van der Waals surface area contributed by atoms with Crippen LogP contribution in [-0.2, 0) is 9.53 Å². The van der Waals surface area contributed by atoms with Crippen molar-refractivity contribution in [2.45, 2.75) is 37.4 Å². The van der Waals surface area contributed by atoms with Crippen LogP contribution >= 0.6 is 23.4 Å². The molecule has 4 rings (SSSR count). The van der Waals surface area contributed by atoms with Gasteiger partial charge >= 0.3 is 0 Å². The topological polar surface area (TPSA) is 94.9 Å². The molecule has 0 radical (unpaired) electrons. The van der Waals surface area contributed by atoms with E-state index in [1.165, 1.54) is 11.8 Å². The number of benzene rings is 2. The highest BCUT2D eigenvalue weighted by Gasteiger charge is 2.71. The minimum absolute atomic E-state index is 0.0730. The van der Waals surface area contributed by atoms with Gasteiger partial charge in [0, 0.05) is 6.54 Å². The van der Waals surface area contributed by atoms with Crippen molar-refractivity contribution in [2.24, 2.45) is 4.99 Å². The van der Waals surface area contributed by atoms with E-state index >= 15 is 0 Å². The second kappa shape index (κ2) is 9.41. The Hall–Kier alpha value is -2.10. The molecule has 2 aromatic carbocycles. The Morgan fingerprint density at radius 3 is 2.81 bits per heavy atom. The summed E-state index contributed by atoms with van der Waals surface area (Å²) < 4.78 is 11.4. The number of halogens is 1. The molecule has 9 heteroatoms. The molecule has 170 valence electrons. The van der Waals surface area contributed by atoms with Gasteiger partial charge in [0.1, 0.15) is 24.6 Å². The van der Waals surface area contributed by atoms with Crippen molar-refractivity contribution < 1.29 is 24.5 Å². The zero-order chi connectivity index (χ0) is 22.9. The average molecular weight is 477 g/mol. The van der Waals surface area contributed by atoms with Crippen LogP contribution in [0.3, 0.4) is 0 Å². The highest BCUT2D eigenvalue weighted by Crippen LogP contribution is 2.62. The number of rotatable bonds is 8. The van der Waals surface area contributed by atoms with E-state index in [-0.39, 0.29) is 12.5 Å². The molecule has 2 fully saturated rings. The first-order valence-corrected chi connectivity index (χ1v) is 11.6. The van der Waals surface area contributed by atoms with E-state index in [1.807, 2.05) is 38.1 Å². The maximum absolute atomic E-state index is 13.6. The van der Waals surface area contributed by atoms with Crippen LogP contribution in [0.1, 0.15) is 30.6 Å². The van der Waals surface area contributed by atoms with Gasteiger partial charge in [0.05, 0.1) is 17.3 Å². The van der Waals surface area contributed by atoms with Crippen LogP contribution in [0.4, 0.5) is 5.69 Å². The Kier molecular flexibility index (Phi) is 6.78. The van der Waals surface area contributed by atoms with Crippen LogP contribution in [0.5, 0.6) is 5.75 Å². The second-order valence-electron chi connectivity index (χ2n) is 7.70. The molecular formula is C23H25ClN2O5S. The Morgan fingerprint density at radius 2 is 2.12 bits per heavy atom. The standard InChI is InChI=1S/C23H25ClN2O5S/c1-3-10-25-22-26(18-7-5-4-6-14(18)2)21(29)23(32-22)20(31-23)15-8-9-19(17(24)11-15)30-13-16(28)12-27/h4-9,11,16,20,27-28H,3,10,12-13H2,1-2H3/b25-22-/t16-,20?,23?/m0/s1. The summed E-state index contributed by atoms with van der Waals surface area (Å²) in [5.74, 6) is 0.230. The molecule has 2 heterocycles. The zero-order valence-electron chi connectivity index (χ0n) is 17.8. The van der Waals surface area contributed by atoms with Crippen molar-refractivity contribution in [3.63, 3.8) is 0 Å². The van der Waals surface area contributed by atoms with Crippen molar-refractivity contribution in [1.29, 1.82) is 0 Å². The van der Waals surface area contributed by atoms with E-state index < -0.39 is 23.7 Å². The number of epoxide rings is 1. The van der Waals surface area contributed by atoms with Gasteiger partial charge in [-0.2, -0.15) is 0 Å². The van der Waals surface area contributed by atoms with Crippen molar-refractivity contribution in [3.8, 4) is 5.75 Å². The SMILES string of the molecule is CCC/N=C1\SC2(OC2c2ccc(OC[C@@H](O)CO)c(Cl)c2)C(=O)N1c1ccccc1C. The number of carbonyl (C=O) groups is 1. The molecule has 2 N–H and O–H groups in total. The van der Waals surface area contributed by atoms with Crippen LogP contribution in [0, 0.1) is 6.92 Å². The van der Waals surface area contributed by atoms with Gasteiger partial charge in [-0.25, -0.2) is 0 Å². The molecule has 0 aliphatic carbocycles. The largest absolute Gasteiger partial charge is 0.489 e. The number of ether oxygens (including phenoxy) is 2. The summed E-state index contributed by atoms with van der Waals surface area (Å²) in [5, 5.41) is 19.4. The Morgan fingerprint density at radius 1 is 1.34 bits per heavy atom. The summed E-state index contributed by atoms with van der Waals surface area (Å²) >= 11 is 7.69. The van der Waals surface area contributed by atoms with Gasteiger partial charge < -0.3 is 19.7 Å². The number of thioether (sulfide) groups is 1. The lowest BCUT2D eigenvalue weighted by molar-refractivity contribution is -0.119. The molecule has 1 amide bonds. The van der Waals surface area contributed by atoms with E-state index in [4.69, 9.17) is 26.2 Å². The normalized spacial score (nSPS) is 24.4. The molecule has 2 saturated heterocycles. The van der Waals surface area contributed by atoms with Crippen molar-refractivity contribution in [2.75, 3.05) is 24.7 Å². The van der Waals surface area contributed by atoms with Gasteiger partial charge in [0.25, 0.3) is 5.91 Å². The molecule has 2 aliphatic rings. The number of carbonyl (C=O) groups excluding carboxylic acids is 1. The van der Waals surface area contributed by atoms with E-state index in [0.29, 0.717) is 22.5 Å². The number of para-hydroxylation sites is 1. The van der Waals surface area contributed by atoms with Gasteiger partial charge in [-0.1, -0.05) is 42.8 Å². The Balaban J connectivity index is 1.58. The third-order valence-electron chi connectivity index (χ3n) is 5.24. The summed E-state index contributed by atoms with van der Waals surface area (Å²) in [6, 6.07) is 12.9. The predicted molar refractivity (Wildman–Crippen MR) is 125 cm³/mol. The fourth-order valence-corrected chi connectivity index (χ4v) is 5.02. The monoisotopic (exact) mass is 476 g/mol. The zero-order valence-corrected chi connectivity index (χ0v) is 19.4. The number of aliphatic imine (C=N–C) groups is 1. The number of amides is 1. The number of aliphatic hydroxyl groups is 2. The fraction of sp³-hybridized carbons (Fsp3) is 0.391. The van der Waals surface area contributed by atoms with Crippen LogP contribution in [0.25, 0.3) is 0 Å². The maximum atomic E-state index is 13.6. The first-order chi connectivity index (χ1) is 15.4. The predicted octanol–water partition coefficient (Wildman–Crippen LogP) is 3.69. The van der Waals surface area contributed by atoms with Crippen LogP contribution in [-0.4, -0.2) is 52.1 Å². The third-order valence-corrected chi connectivity index (χ3v) is 6.82. The number of hydrogen-bond donors (Lipinski definition) is 2. The Labute approximate surface area is 196 Å². The van der Waals surface area contributed by atoms with E-state index in [2.05, 4.69) is 4.99 Å². The first kappa shape index (κ1) is 23.1. The molecule has 7 nitrogen and oxygen atoms in total. The molecule has 0 aromatic heterocycles. The van der Waals surface area contributed by atoms with Crippen LogP contribution in [0.2, 0.25) is 5.02 Å². The molecular weight excluding hydrogens is 452 g/mol. The number of aryl methyl sites for hydroxylation is 1.